The van der Waals surface area contributed by atoms with Crippen molar-refractivity contribution in [3.63, 3.8) is 0 Å². The average Bonchev–Trinajstić information content (AvgIpc) is 2.41. The lowest BCUT2D eigenvalue weighted by Crippen LogP contribution is -2.35. The summed E-state index contributed by atoms with van der Waals surface area (Å²) in [4.78, 5) is 0. The monoisotopic (exact) mass is 321 g/mol. The molecule has 0 aliphatic rings. The quantitative estimate of drug-likeness (QED) is 0.808. The van der Waals surface area contributed by atoms with Gasteiger partial charge in [-0.2, -0.15) is 0 Å². The Hall–Kier alpha value is -1.52. The van der Waals surface area contributed by atoms with E-state index in [0.717, 1.165) is 15.7 Å². The van der Waals surface area contributed by atoms with Gasteiger partial charge in [0.1, 0.15) is 5.75 Å². The molecule has 0 saturated carbocycles. The van der Waals surface area contributed by atoms with Crippen LogP contribution in [0.5, 0.6) is 5.75 Å². The number of phenolic OH excluding ortho intramolecular Hbond substituents is 1. The maximum absolute atomic E-state index is 9.69. The van der Waals surface area contributed by atoms with Gasteiger partial charge >= 0.3 is 0 Å². The van der Waals surface area contributed by atoms with Gasteiger partial charge < -0.3 is 15.5 Å². The summed E-state index contributed by atoms with van der Waals surface area (Å²) in [5.74, 6) is 0.190. The molecular formula is C15H16BrNO2. The Morgan fingerprint density at radius 3 is 2.42 bits per heavy atom. The zero-order valence-electron chi connectivity index (χ0n) is 10.6. The normalized spacial score (nSPS) is 13.8. The third-order valence-electron chi connectivity index (χ3n) is 3.06. The molecule has 1 atom stereocenters. The number of anilines is 1. The molecule has 3 N–H and O–H groups in total. The van der Waals surface area contributed by atoms with Crippen LogP contribution in [0.3, 0.4) is 0 Å². The first-order valence-corrected chi connectivity index (χ1v) is 6.77. The summed E-state index contributed by atoms with van der Waals surface area (Å²) in [6, 6.07) is 14.6. The van der Waals surface area contributed by atoms with Crippen molar-refractivity contribution in [2.45, 2.75) is 12.5 Å². The fourth-order valence-corrected chi connectivity index (χ4v) is 2.17. The third kappa shape index (κ3) is 3.28. The molecule has 2 rings (SSSR count). The summed E-state index contributed by atoms with van der Waals surface area (Å²) >= 11 is 3.39. The van der Waals surface area contributed by atoms with Gasteiger partial charge in [0.15, 0.2) is 0 Å². The minimum atomic E-state index is -0.646. The van der Waals surface area contributed by atoms with Crippen LogP contribution >= 0.6 is 15.9 Å². The van der Waals surface area contributed by atoms with Gasteiger partial charge in [-0.15, -0.1) is 0 Å². The van der Waals surface area contributed by atoms with E-state index in [9.17, 15) is 10.2 Å². The summed E-state index contributed by atoms with van der Waals surface area (Å²) in [5.41, 5.74) is 1.09. The smallest absolute Gasteiger partial charge is 0.115 e. The van der Waals surface area contributed by atoms with E-state index < -0.39 is 5.54 Å². The molecule has 3 nitrogen and oxygen atoms in total. The predicted octanol–water partition coefficient (Wildman–Crippen LogP) is 3.47. The lowest BCUT2D eigenvalue weighted by molar-refractivity contribution is 0.224. The van der Waals surface area contributed by atoms with Crippen LogP contribution in [-0.4, -0.2) is 16.8 Å². The van der Waals surface area contributed by atoms with Crippen LogP contribution in [0.1, 0.15) is 12.5 Å². The van der Waals surface area contributed by atoms with E-state index in [1.807, 2.05) is 37.3 Å². The van der Waals surface area contributed by atoms with Crippen molar-refractivity contribution in [2.75, 3.05) is 11.9 Å². The third-order valence-corrected chi connectivity index (χ3v) is 3.59. The van der Waals surface area contributed by atoms with Crippen molar-refractivity contribution >= 4 is 21.6 Å². The van der Waals surface area contributed by atoms with Gasteiger partial charge in [0, 0.05) is 10.2 Å². The molecule has 0 aromatic heterocycles. The Morgan fingerprint density at radius 1 is 1.16 bits per heavy atom. The minimum Gasteiger partial charge on any atom is -0.508 e. The van der Waals surface area contributed by atoms with Gasteiger partial charge in [-0.1, -0.05) is 28.1 Å². The van der Waals surface area contributed by atoms with E-state index in [4.69, 9.17) is 0 Å². The highest BCUT2D eigenvalue weighted by atomic mass is 79.9. The van der Waals surface area contributed by atoms with Crippen LogP contribution in [-0.2, 0) is 5.54 Å². The number of benzene rings is 2. The van der Waals surface area contributed by atoms with Crippen molar-refractivity contribution < 1.29 is 10.2 Å². The van der Waals surface area contributed by atoms with Gasteiger partial charge in [0.25, 0.3) is 0 Å². The zero-order valence-corrected chi connectivity index (χ0v) is 12.2. The van der Waals surface area contributed by atoms with E-state index in [1.54, 1.807) is 18.2 Å². The number of nitrogens with one attached hydrogen (secondary N) is 1. The van der Waals surface area contributed by atoms with E-state index >= 15 is 0 Å². The average molecular weight is 322 g/mol. The highest BCUT2D eigenvalue weighted by Crippen LogP contribution is 2.28. The van der Waals surface area contributed by atoms with E-state index in [2.05, 4.69) is 21.2 Å². The van der Waals surface area contributed by atoms with Crippen molar-refractivity contribution in [1.82, 2.24) is 0 Å². The van der Waals surface area contributed by atoms with Crippen LogP contribution in [0, 0.1) is 0 Å². The molecule has 2 aromatic rings. The summed E-state index contributed by atoms with van der Waals surface area (Å²) in [5, 5.41) is 22.5. The topological polar surface area (TPSA) is 52.5 Å². The fraction of sp³-hybridized carbons (Fsp3) is 0.200. The molecule has 0 aliphatic carbocycles. The van der Waals surface area contributed by atoms with Gasteiger partial charge in [-0.05, 0) is 48.9 Å². The molecule has 0 saturated heterocycles. The molecule has 1 unspecified atom stereocenters. The summed E-state index contributed by atoms with van der Waals surface area (Å²) in [7, 11) is 0. The number of phenols is 1. The first-order valence-electron chi connectivity index (χ1n) is 5.98. The second kappa shape index (κ2) is 5.63. The number of aliphatic hydroxyl groups excluding tert-OH is 1. The second-order valence-electron chi connectivity index (χ2n) is 4.67. The molecule has 0 heterocycles. The summed E-state index contributed by atoms with van der Waals surface area (Å²) in [6.07, 6.45) is 0. The molecule has 0 fully saturated rings. The summed E-state index contributed by atoms with van der Waals surface area (Å²) < 4.78 is 1.00. The van der Waals surface area contributed by atoms with Crippen molar-refractivity contribution in [2.24, 2.45) is 0 Å². The van der Waals surface area contributed by atoms with Crippen molar-refractivity contribution in [3.05, 3.63) is 58.6 Å². The highest BCUT2D eigenvalue weighted by molar-refractivity contribution is 9.10. The number of rotatable bonds is 4. The fourth-order valence-electron chi connectivity index (χ4n) is 1.90. The van der Waals surface area contributed by atoms with E-state index in [1.165, 1.54) is 0 Å². The van der Waals surface area contributed by atoms with Gasteiger partial charge in [-0.25, -0.2) is 0 Å². The number of aromatic hydroxyl groups is 1. The maximum atomic E-state index is 9.69. The second-order valence-corrected chi connectivity index (χ2v) is 5.59. The van der Waals surface area contributed by atoms with Gasteiger partial charge in [0.05, 0.1) is 12.1 Å². The zero-order chi connectivity index (χ0) is 13.9. The number of hydrogen-bond acceptors (Lipinski definition) is 3. The SMILES string of the molecule is CC(CO)(Nc1ccc(Br)cc1)c1cccc(O)c1. The Bertz CT molecular complexity index is 556. The van der Waals surface area contributed by atoms with E-state index in [-0.39, 0.29) is 12.4 Å². The molecule has 4 heteroatoms. The van der Waals surface area contributed by atoms with Crippen LogP contribution < -0.4 is 5.32 Å². The number of aliphatic hydroxyl groups is 1. The molecule has 0 radical (unpaired) electrons. The first kappa shape index (κ1) is 13.9. The Morgan fingerprint density at radius 2 is 1.84 bits per heavy atom. The Balaban J connectivity index is 2.30. The molecule has 100 valence electrons. The largest absolute Gasteiger partial charge is 0.508 e. The lowest BCUT2D eigenvalue weighted by atomic mass is 9.92. The lowest BCUT2D eigenvalue weighted by Gasteiger charge is -2.30. The van der Waals surface area contributed by atoms with Crippen molar-refractivity contribution in [1.29, 1.82) is 0 Å². The molecule has 0 spiro atoms. The maximum Gasteiger partial charge on any atom is 0.115 e. The molecule has 0 amide bonds. The van der Waals surface area contributed by atoms with Gasteiger partial charge in [-0.3, -0.25) is 0 Å². The molecule has 0 bridgehead atoms. The first-order chi connectivity index (χ1) is 9.03. The predicted molar refractivity (Wildman–Crippen MR) is 80.3 cm³/mol. The molecular weight excluding hydrogens is 306 g/mol. The van der Waals surface area contributed by atoms with Crippen molar-refractivity contribution in [3.8, 4) is 5.75 Å². The number of hydrogen-bond donors (Lipinski definition) is 3. The van der Waals surface area contributed by atoms with E-state index in [0.29, 0.717) is 0 Å². The molecule has 0 aliphatic heterocycles. The molecule has 19 heavy (non-hydrogen) atoms. The Labute approximate surface area is 121 Å². The molecule has 2 aromatic carbocycles. The van der Waals surface area contributed by atoms with Gasteiger partial charge in [0.2, 0.25) is 0 Å². The summed E-state index contributed by atoms with van der Waals surface area (Å²) in [6.45, 7) is 1.82. The van der Waals surface area contributed by atoms with Crippen LogP contribution in [0.4, 0.5) is 5.69 Å². The van der Waals surface area contributed by atoms with Crippen LogP contribution in [0.2, 0.25) is 0 Å². The number of halogens is 1. The Kier molecular flexibility index (Phi) is 4.12. The standard InChI is InChI=1S/C15H16BrNO2/c1-15(10-18,11-3-2-4-14(19)9-11)17-13-7-5-12(16)6-8-13/h2-9,17-19H,10H2,1H3. The van der Waals surface area contributed by atoms with Crippen LogP contribution in [0.15, 0.2) is 53.0 Å². The highest BCUT2D eigenvalue weighted by Gasteiger charge is 2.25. The van der Waals surface area contributed by atoms with Crippen LogP contribution in [0.25, 0.3) is 0 Å². The minimum absolute atomic E-state index is 0.0769.